The van der Waals surface area contributed by atoms with Crippen LogP contribution in [-0.4, -0.2) is 45.2 Å². The lowest BCUT2D eigenvalue weighted by atomic mass is 9.83. The number of para-hydroxylation sites is 2. The van der Waals surface area contributed by atoms with Crippen molar-refractivity contribution in [1.82, 2.24) is 5.32 Å². The van der Waals surface area contributed by atoms with E-state index in [9.17, 15) is 4.79 Å². The Morgan fingerprint density at radius 3 is 2.52 bits per heavy atom. The standard InChI is InChI=1S/C28H31N3O2/c1-33-24-13-11-21(12-14-24)15-16-29-28(32)25-19-22-7-5-6-10-26(22)31-18-17-30(20-27(25)31)23-8-3-2-4-9-23/h2-14,25,27H,15-20H2,1H3,(H,29,32)/t25-,27+/m1/s1. The van der Waals surface area contributed by atoms with Gasteiger partial charge in [0.2, 0.25) is 5.91 Å². The minimum Gasteiger partial charge on any atom is -0.497 e. The normalized spacial score (nSPS) is 19.4. The molecule has 0 aromatic heterocycles. The smallest absolute Gasteiger partial charge is 0.225 e. The molecule has 2 aliphatic heterocycles. The molecule has 1 amide bonds. The number of nitrogens with one attached hydrogen (secondary N) is 1. The number of rotatable bonds is 6. The Hall–Kier alpha value is -3.47. The van der Waals surface area contributed by atoms with E-state index in [1.54, 1.807) is 7.11 Å². The van der Waals surface area contributed by atoms with Gasteiger partial charge in [0.1, 0.15) is 5.75 Å². The highest BCUT2D eigenvalue weighted by Gasteiger charge is 2.41. The van der Waals surface area contributed by atoms with Crippen LogP contribution in [0.5, 0.6) is 5.75 Å². The molecule has 1 fully saturated rings. The molecule has 5 rings (SSSR count). The minimum atomic E-state index is -0.0673. The van der Waals surface area contributed by atoms with E-state index in [1.165, 1.54) is 22.5 Å². The molecule has 0 unspecified atom stereocenters. The maximum Gasteiger partial charge on any atom is 0.225 e. The summed E-state index contributed by atoms with van der Waals surface area (Å²) in [7, 11) is 1.67. The minimum absolute atomic E-state index is 0.0673. The van der Waals surface area contributed by atoms with Crippen molar-refractivity contribution in [3.63, 3.8) is 0 Å². The topological polar surface area (TPSA) is 44.8 Å². The second-order valence-corrected chi connectivity index (χ2v) is 8.87. The first-order valence-corrected chi connectivity index (χ1v) is 11.8. The second-order valence-electron chi connectivity index (χ2n) is 8.87. The van der Waals surface area contributed by atoms with Crippen LogP contribution in [0.25, 0.3) is 0 Å². The lowest BCUT2D eigenvalue weighted by molar-refractivity contribution is -0.125. The molecule has 0 saturated carbocycles. The van der Waals surface area contributed by atoms with E-state index in [1.807, 2.05) is 12.1 Å². The van der Waals surface area contributed by atoms with Gasteiger partial charge < -0.3 is 19.9 Å². The number of amides is 1. The molecule has 3 aromatic carbocycles. The maximum absolute atomic E-state index is 13.4. The highest BCUT2D eigenvalue weighted by molar-refractivity contribution is 5.82. The lowest BCUT2D eigenvalue weighted by Crippen LogP contribution is -2.61. The Morgan fingerprint density at radius 2 is 1.73 bits per heavy atom. The molecule has 0 radical (unpaired) electrons. The van der Waals surface area contributed by atoms with E-state index in [0.29, 0.717) is 6.54 Å². The summed E-state index contributed by atoms with van der Waals surface area (Å²) < 4.78 is 5.23. The number of methoxy groups -OCH3 is 1. The Morgan fingerprint density at radius 1 is 0.970 bits per heavy atom. The molecule has 0 bridgehead atoms. The van der Waals surface area contributed by atoms with Crippen LogP contribution in [0, 0.1) is 5.92 Å². The number of hydrogen-bond acceptors (Lipinski definition) is 4. The molecule has 0 spiro atoms. The van der Waals surface area contributed by atoms with Crippen molar-refractivity contribution >= 4 is 17.3 Å². The fourth-order valence-electron chi connectivity index (χ4n) is 5.18. The zero-order chi connectivity index (χ0) is 22.6. The van der Waals surface area contributed by atoms with Gasteiger partial charge in [-0.15, -0.1) is 0 Å². The number of benzene rings is 3. The summed E-state index contributed by atoms with van der Waals surface area (Å²) >= 11 is 0. The molecule has 2 heterocycles. The lowest BCUT2D eigenvalue weighted by Gasteiger charge is -2.49. The van der Waals surface area contributed by atoms with Crippen molar-refractivity contribution in [2.45, 2.75) is 18.9 Å². The number of nitrogens with zero attached hydrogens (tertiary/aromatic N) is 2. The first kappa shape index (κ1) is 21.4. The molecule has 2 aliphatic rings. The average molecular weight is 442 g/mol. The first-order valence-electron chi connectivity index (χ1n) is 11.8. The molecule has 0 aliphatic carbocycles. The van der Waals surface area contributed by atoms with Crippen LogP contribution in [0.4, 0.5) is 11.4 Å². The quantitative estimate of drug-likeness (QED) is 0.630. The summed E-state index contributed by atoms with van der Waals surface area (Å²) in [6.45, 7) is 3.38. The molecule has 5 nitrogen and oxygen atoms in total. The van der Waals surface area contributed by atoms with Crippen LogP contribution in [-0.2, 0) is 17.6 Å². The predicted molar refractivity (Wildman–Crippen MR) is 133 cm³/mol. The third kappa shape index (κ3) is 4.54. The maximum atomic E-state index is 13.4. The van der Waals surface area contributed by atoms with Crippen LogP contribution in [0.15, 0.2) is 78.9 Å². The fourth-order valence-corrected chi connectivity index (χ4v) is 5.18. The van der Waals surface area contributed by atoms with Gasteiger partial charge in [0, 0.05) is 37.6 Å². The van der Waals surface area contributed by atoms with Crippen LogP contribution >= 0.6 is 0 Å². The van der Waals surface area contributed by atoms with Crippen molar-refractivity contribution in [3.05, 3.63) is 90.0 Å². The van der Waals surface area contributed by atoms with Gasteiger partial charge in [0.25, 0.3) is 0 Å². The van der Waals surface area contributed by atoms with E-state index in [-0.39, 0.29) is 17.9 Å². The molecule has 33 heavy (non-hydrogen) atoms. The third-order valence-electron chi connectivity index (χ3n) is 6.95. The van der Waals surface area contributed by atoms with Crippen LogP contribution in [0.3, 0.4) is 0 Å². The Kier molecular flexibility index (Phi) is 6.20. The monoisotopic (exact) mass is 441 g/mol. The van der Waals surface area contributed by atoms with Gasteiger partial charge >= 0.3 is 0 Å². The van der Waals surface area contributed by atoms with E-state index >= 15 is 0 Å². The zero-order valence-electron chi connectivity index (χ0n) is 19.1. The van der Waals surface area contributed by atoms with E-state index in [2.05, 4.69) is 81.8 Å². The summed E-state index contributed by atoms with van der Waals surface area (Å²) in [4.78, 5) is 18.3. The SMILES string of the molecule is COc1ccc(CCNC(=O)[C@@H]2Cc3ccccc3N3CCN(c4ccccc4)C[C@@H]23)cc1. The summed E-state index contributed by atoms with van der Waals surface area (Å²) in [6.07, 6.45) is 1.60. The molecule has 170 valence electrons. The van der Waals surface area contributed by atoms with Crippen molar-refractivity contribution in [2.75, 3.05) is 43.1 Å². The van der Waals surface area contributed by atoms with Crippen molar-refractivity contribution in [1.29, 1.82) is 0 Å². The van der Waals surface area contributed by atoms with Gasteiger partial charge in [-0.05, 0) is 54.3 Å². The number of carbonyl (C=O) groups excluding carboxylic acids is 1. The Labute approximate surface area is 196 Å². The summed E-state index contributed by atoms with van der Waals surface area (Å²) in [5, 5.41) is 3.23. The number of carbonyl (C=O) groups is 1. The summed E-state index contributed by atoms with van der Waals surface area (Å²) in [5.41, 5.74) is 4.99. The number of ether oxygens (including phenoxy) is 1. The average Bonchev–Trinajstić information content (AvgIpc) is 2.88. The van der Waals surface area contributed by atoms with Crippen molar-refractivity contribution in [3.8, 4) is 5.75 Å². The number of fused-ring (bicyclic) bond motifs is 3. The van der Waals surface area contributed by atoms with Crippen LogP contribution < -0.4 is 19.9 Å². The fraction of sp³-hybridized carbons (Fsp3) is 0.321. The highest BCUT2D eigenvalue weighted by Crippen LogP contribution is 2.36. The van der Waals surface area contributed by atoms with Crippen LogP contribution in [0.1, 0.15) is 11.1 Å². The predicted octanol–water partition coefficient (Wildman–Crippen LogP) is 3.92. The Balaban J connectivity index is 1.30. The third-order valence-corrected chi connectivity index (χ3v) is 6.95. The largest absolute Gasteiger partial charge is 0.497 e. The molecule has 2 atom stereocenters. The van der Waals surface area contributed by atoms with E-state index < -0.39 is 0 Å². The first-order chi connectivity index (χ1) is 16.2. The number of anilines is 2. The highest BCUT2D eigenvalue weighted by atomic mass is 16.5. The number of hydrogen-bond donors (Lipinski definition) is 1. The van der Waals surface area contributed by atoms with E-state index in [4.69, 9.17) is 4.74 Å². The molecular weight excluding hydrogens is 410 g/mol. The van der Waals surface area contributed by atoms with Gasteiger partial charge in [-0.1, -0.05) is 48.5 Å². The van der Waals surface area contributed by atoms with Gasteiger partial charge in [-0.25, -0.2) is 0 Å². The van der Waals surface area contributed by atoms with E-state index in [0.717, 1.165) is 38.2 Å². The molecular formula is C28H31N3O2. The summed E-state index contributed by atoms with van der Waals surface area (Å²) in [5.74, 6) is 0.939. The molecule has 1 N–H and O–H groups in total. The molecule has 5 heteroatoms. The zero-order valence-corrected chi connectivity index (χ0v) is 19.1. The second kappa shape index (κ2) is 9.57. The van der Waals surface area contributed by atoms with Gasteiger partial charge in [0.15, 0.2) is 0 Å². The summed E-state index contributed by atoms with van der Waals surface area (Å²) in [6, 6.07) is 27.3. The van der Waals surface area contributed by atoms with Gasteiger partial charge in [0.05, 0.1) is 19.1 Å². The van der Waals surface area contributed by atoms with Gasteiger partial charge in [-0.3, -0.25) is 4.79 Å². The number of piperazine rings is 1. The molecule has 1 saturated heterocycles. The van der Waals surface area contributed by atoms with Crippen molar-refractivity contribution < 1.29 is 9.53 Å². The Bertz CT molecular complexity index is 1080. The van der Waals surface area contributed by atoms with Crippen molar-refractivity contribution in [2.24, 2.45) is 5.92 Å². The van der Waals surface area contributed by atoms with Crippen LogP contribution in [0.2, 0.25) is 0 Å². The molecule has 3 aromatic rings. The van der Waals surface area contributed by atoms with Gasteiger partial charge in [-0.2, -0.15) is 0 Å².